The van der Waals surface area contributed by atoms with Gasteiger partial charge in [-0.05, 0) is 40.8 Å². The van der Waals surface area contributed by atoms with Gasteiger partial charge in [0.1, 0.15) is 0 Å². The number of halogens is 2. The van der Waals surface area contributed by atoms with Crippen LogP contribution in [0.4, 0.5) is 0 Å². The monoisotopic (exact) mass is 355 g/mol. The van der Waals surface area contributed by atoms with Crippen molar-refractivity contribution in [1.29, 1.82) is 0 Å². The summed E-state index contributed by atoms with van der Waals surface area (Å²) in [4.78, 5) is 15.8. The van der Waals surface area contributed by atoms with Crippen molar-refractivity contribution in [2.24, 2.45) is 0 Å². The van der Waals surface area contributed by atoms with E-state index in [1.165, 1.54) is 7.11 Å². The molecule has 0 aliphatic rings. The fourth-order valence-electron chi connectivity index (χ4n) is 0.821. The van der Waals surface area contributed by atoms with Crippen LogP contribution in [-0.2, 0) is 4.84 Å². The maximum absolute atomic E-state index is 11.3. The molecule has 0 aliphatic heterocycles. The van der Waals surface area contributed by atoms with Gasteiger partial charge in [0.2, 0.25) is 0 Å². The second-order valence-electron chi connectivity index (χ2n) is 2.26. The number of nitrogens with one attached hydrogen (secondary N) is 1. The number of hydrogen-bond donors (Lipinski definition) is 1. The van der Waals surface area contributed by atoms with Crippen molar-refractivity contribution in [2.75, 3.05) is 7.11 Å². The zero-order chi connectivity index (χ0) is 9.84. The normalized spacial score (nSPS) is 9.77. The summed E-state index contributed by atoms with van der Waals surface area (Å²) in [6, 6.07) is 5.41. The molecule has 1 aromatic carbocycles. The van der Waals surface area contributed by atoms with Crippen molar-refractivity contribution in [3.63, 3.8) is 0 Å². The molecule has 5 heteroatoms. The summed E-state index contributed by atoms with van der Waals surface area (Å²) >= 11 is 5.41. The lowest BCUT2D eigenvalue weighted by Crippen LogP contribution is -2.22. The van der Waals surface area contributed by atoms with Gasteiger partial charge >= 0.3 is 0 Å². The summed E-state index contributed by atoms with van der Waals surface area (Å²) in [5, 5.41) is 0. The van der Waals surface area contributed by atoms with E-state index in [1.54, 1.807) is 6.07 Å². The zero-order valence-corrected chi connectivity index (χ0v) is 10.5. The Morgan fingerprint density at radius 1 is 1.62 bits per heavy atom. The molecule has 70 valence electrons. The summed E-state index contributed by atoms with van der Waals surface area (Å²) in [6.45, 7) is 0. The summed E-state index contributed by atoms with van der Waals surface area (Å²) < 4.78 is 1.83. The van der Waals surface area contributed by atoms with Crippen molar-refractivity contribution >= 4 is 44.4 Å². The van der Waals surface area contributed by atoms with Crippen LogP contribution >= 0.6 is 38.5 Å². The molecule has 0 aromatic heterocycles. The van der Waals surface area contributed by atoms with Crippen LogP contribution in [0.25, 0.3) is 0 Å². The Kier molecular flexibility index (Phi) is 4.14. The Morgan fingerprint density at radius 2 is 2.31 bits per heavy atom. The molecule has 0 unspecified atom stereocenters. The molecule has 0 heterocycles. The molecule has 13 heavy (non-hydrogen) atoms. The molecule has 1 N–H and O–H groups in total. The SMILES string of the molecule is CONC(=O)c1ccc(Br)cc1I. The molecule has 0 bridgehead atoms. The number of rotatable bonds is 2. The predicted octanol–water partition coefficient (Wildman–Crippen LogP) is 2.34. The van der Waals surface area contributed by atoms with Crippen molar-refractivity contribution in [3.8, 4) is 0 Å². The van der Waals surface area contributed by atoms with Crippen LogP contribution in [0.1, 0.15) is 10.4 Å². The molecule has 0 radical (unpaired) electrons. The minimum absolute atomic E-state index is 0.237. The summed E-state index contributed by atoms with van der Waals surface area (Å²) in [5.74, 6) is -0.237. The molecule has 1 amide bonds. The fraction of sp³-hybridized carbons (Fsp3) is 0.125. The minimum Gasteiger partial charge on any atom is -0.277 e. The van der Waals surface area contributed by atoms with Gasteiger partial charge in [0.05, 0.1) is 12.7 Å². The molecular weight excluding hydrogens is 349 g/mol. The smallest absolute Gasteiger partial charge is 0.275 e. The van der Waals surface area contributed by atoms with Gasteiger partial charge in [-0.1, -0.05) is 15.9 Å². The van der Waals surface area contributed by atoms with Gasteiger partial charge in [-0.15, -0.1) is 0 Å². The highest BCUT2D eigenvalue weighted by molar-refractivity contribution is 14.1. The second kappa shape index (κ2) is 4.92. The molecule has 0 saturated carbocycles. The molecule has 1 aromatic rings. The first-order chi connectivity index (χ1) is 6.15. The molecule has 0 saturated heterocycles. The standard InChI is InChI=1S/C8H7BrINO2/c1-13-11-8(12)6-3-2-5(9)4-7(6)10/h2-4H,1H3,(H,11,12). The number of carbonyl (C=O) groups is 1. The van der Waals surface area contributed by atoms with Crippen molar-refractivity contribution < 1.29 is 9.63 Å². The van der Waals surface area contributed by atoms with E-state index in [0.717, 1.165) is 8.04 Å². The van der Waals surface area contributed by atoms with Crippen LogP contribution in [0.3, 0.4) is 0 Å². The highest BCUT2D eigenvalue weighted by Gasteiger charge is 2.08. The zero-order valence-electron chi connectivity index (χ0n) is 6.80. The molecule has 1 rings (SSSR count). The van der Waals surface area contributed by atoms with Gasteiger partial charge < -0.3 is 0 Å². The summed E-state index contributed by atoms with van der Waals surface area (Å²) in [5.41, 5.74) is 2.87. The maximum Gasteiger partial charge on any atom is 0.275 e. The topological polar surface area (TPSA) is 38.3 Å². The first kappa shape index (κ1) is 10.9. The largest absolute Gasteiger partial charge is 0.277 e. The van der Waals surface area contributed by atoms with E-state index in [0.29, 0.717) is 5.56 Å². The molecule has 0 aliphatic carbocycles. The van der Waals surface area contributed by atoms with E-state index < -0.39 is 0 Å². The Bertz CT molecular complexity index is 330. The van der Waals surface area contributed by atoms with Gasteiger partial charge in [-0.25, -0.2) is 5.48 Å². The van der Waals surface area contributed by atoms with E-state index in [9.17, 15) is 4.79 Å². The van der Waals surface area contributed by atoms with E-state index in [1.807, 2.05) is 12.1 Å². The third-order valence-corrected chi connectivity index (χ3v) is 2.76. The van der Waals surface area contributed by atoms with Crippen LogP contribution in [0.15, 0.2) is 22.7 Å². The van der Waals surface area contributed by atoms with Crippen molar-refractivity contribution in [1.82, 2.24) is 5.48 Å². The molecule has 3 nitrogen and oxygen atoms in total. The minimum atomic E-state index is -0.237. The van der Waals surface area contributed by atoms with Crippen LogP contribution in [0.5, 0.6) is 0 Å². The Balaban J connectivity index is 2.95. The Hall–Kier alpha value is -0.140. The van der Waals surface area contributed by atoms with Gasteiger partial charge in [-0.2, -0.15) is 0 Å². The van der Waals surface area contributed by atoms with Gasteiger partial charge in [0.15, 0.2) is 0 Å². The van der Waals surface area contributed by atoms with Gasteiger partial charge in [0, 0.05) is 8.04 Å². The molecule has 0 atom stereocenters. The average molecular weight is 356 g/mol. The Labute approximate surface area is 98.1 Å². The second-order valence-corrected chi connectivity index (χ2v) is 4.34. The lowest BCUT2D eigenvalue weighted by atomic mass is 10.2. The summed E-state index contributed by atoms with van der Waals surface area (Å²) in [7, 11) is 1.41. The number of hydrogen-bond acceptors (Lipinski definition) is 2. The first-order valence-electron chi connectivity index (χ1n) is 3.43. The number of hydroxylamine groups is 1. The molecule has 0 spiro atoms. The number of carbonyl (C=O) groups excluding carboxylic acids is 1. The van der Waals surface area contributed by atoms with E-state index >= 15 is 0 Å². The fourth-order valence-corrected chi connectivity index (χ4v) is 2.37. The van der Waals surface area contributed by atoms with Gasteiger partial charge in [0.25, 0.3) is 5.91 Å². The first-order valence-corrected chi connectivity index (χ1v) is 5.30. The van der Waals surface area contributed by atoms with E-state index in [-0.39, 0.29) is 5.91 Å². The highest BCUT2D eigenvalue weighted by Crippen LogP contribution is 2.18. The lowest BCUT2D eigenvalue weighted by Gasteiger charge is -2.04. The predicted molar refractivity (Wildman–Crippen MR) is 61.3 cm³/mol. The van der Waals surface area contributed by atoms with E-state index in [2.05, 4.69) is 48.8 Å². The lowest BCUT2D eigenvalue weighted by molar-refractivity contribution is 0.0536. The third-order valence-electron chi connectivity index (χ3n) is 1.37. The van der Waals surface area contributed by atoms with Crippen LogP contribution in [0, 0.1) is 3.57 Å². The number of benzene rings is 1. The van der Waals surface area contributed by atoms with Crippen molar-refractivity contribution in [2.45, 2.75) is 0 Å². The number of amides is 1. The van der Waals surface area contributed by atoms with Crippen LogP contribution < -0.4 is 5.48 Å². The van der Waals surface area contributed by atoms with Gasteiger partial charge in [-0.3, -0.25) is 9.63 Å². The summed E-state index contributed by atoms with van der Waals surface area (Å²) in [6.07, 6.45) is 0. The van der Waals surface area contributed by atoms with E-state index in [4.69, 9.17) is 0 Å². The molecular formula is C8H7BrINO2. The highest BCUT2D eigenvalue weighted by atomic mass is 127. The van der Waals surface area contributed by atoms with Crippen LogP contribution in [-0.4, -0.2) is 13.0 Å². The Morgan fingerprint density at radius 3 is 2.85 bits per heavy atom. The van der Waals surface area contributed by atoms with Crippen LogP contribution in [0.2, 0.25) is 0 Å². The molecule has 0 fully saturated rings. The van der Waals surface area contributed by atoms with Crippen molar-refractivity contribution in [3.05, 3.63) is 31.8 Å². The third kappa shape index (κ3) is 2.92. The quantitative estimate of drug-likeness (QED) is 0.653. The maximum atomic E-state index is 11.3. The average Bonchev–Trinajstić information content (AvgIpc) is 2.04.